The van der Waals surface area contributed by atoms with Crippen LogP contribution in [0.3, 0.4) is 0 Å². The van der Waals surface area contributed by atoms with Crippen LogP contribution in [0, 0.1) is 12.8 Å². The van der Waals surface area contributed by atoms with Crippen molar-refractivity contribution >= 4 is 17.0 Å². The number of hydrogen-bond donors (Lipinski definition) is 1. The predicted molar refractivity (Wildman–Crippen MR) is 95.9 cm³/mol. The molecule has 118 valence electrons. The minimum atomic E-state index is 0.792. The van der Waals surface area contributed by atoms with E-state index in [-0.39, 0.29) is 0 Å². The van der Waals surface area contributed by atoms with Crippen LogP contribution in [-0.2, 0) is 6.42 Å². The van der Waals surface area contributed by atoms with Gasteiger partial charge in [0.15, 0.2) is 0 Å². The molecule has 1 aliphatic rings. The Bertz CT molecular complexity index is 783. The monoisotopic (exact) mass is 305 g/mol. The van der Waals surface area contributed by atoms with Gasteiger partial charge in [-0.25, -0.2) is 4.98 Å². The minimum absolute atomic E-state index is 0.792. The standard InChI is InChI=1S/C20H23N3/c1-15-7-8-18-19(13-15)22-20(21-18)23-11-9-17(10-12-23)14-16-5-3-2-4-6-16/h2-8,13,17H,9-12,14H2,1H3,(H,21,22). The van der Waals surface area contributed by atoms with E-state index in [1.54, 1.807) is 0 Å². The molecule has 3 heteroatoms. The lowest BCUT2D eigenvalue weighted by atomic mass is 9.90. The maximum atomic E-state index is 4.76. The van der Waals surface area contributed by atoms with Crippen molar-refractivity contribution in [3.8, 4) is 0 Å². The summed E-state index contributed by atoms with van der Waals surface area (Å²) in [6.07, 6.45) is 3.68. The van der Waals surface area contributed by atoms with E-state index in [1.165, 1.54) is 30.4 Å². The van der Waals surface area contributed by atoms with E-state index in [0.29, 0.717) is 0 Å². The molecule has 1 aliphatic heterocycles. The Labute approximate surface area is 137 Å². The molecule has 0 aliphatic carbocycles. The van der Waals surface area contributed by atoms with Gasteiger partial charge in [-0.2, -0.15) is 0 Å². The molecule has 0 bridgehead atoms. The first kappa shape index (κ1) is 14.3. The quantitative estimate of drug-likeness (QED) is 0.781. The van der Waals surface area contributed by atoms with Gasteiger partial charge in [0.1, 0.15) is 0 Å². The zero-order chi connectivity index (χ0) is 15.6. The van der Waals surface area contributed by atoms with Crippen LogP contribution in [0.5, 0.6) is 0 Å². The number of hydrogen-bond acceptors (Lipinski definition) is 2. The summed E-state index contributed by atoms with van der Waals surface area (Å²) < 4.78 is 0. The largest absolute Gasteiger partial charge is 0.342 e. The molecule has 0 amide bonds. The lowest BCUT2D eigenvalue weighted by Crippen LogP contribution is -2.35. The van der Waals surface area contributed by atoms with Gasteiger partial charge in [-0.05, 0) is 55.4 Å². The SMILES string of the molecule is Cc1ccc2nc(N3CCC(Cc4ccccc4)CC3)[nH]c2c1. The first-order valence-corrected chi connectivity index (χ1v) is 8.53. The van der Waals surface area contributed by atoms with Gasteiger partial charge in [-0.3, -0.25) is 0 Å². The van der Waals surface area contributed by atoms with Gasteiger partial charge in [0.05, 0.1) is 11.0 Å². The molecule has 0 radical (unpaired) electrons. The fourth-order valence-electron chi connectivity index (χ4n) is 3.56. The Hall–Kier alpha value is -2.29. The highest BCUT2D eigenvalue weighted by atomic mass is 15.3. The molecular formula is C20H23N3. The van der Waals surface area contributed by atoms with Crippen molar-refractivity contribution in [2.24, 2.45) is 5.92 Å². The summed E-state index contributed by atoms with van der Waals surface area (Å²) in [4.78, 5) is 10.6. The van der Waals surface area contributed by atoms with Crippen LogP contribution in [0.15, 0.2) is 48.5 Å². The molecule has 0 spiro atoms. The van der Waals surface area contributed by atoms with E-state index < -0.39 is 0 Å². The van der Waals surface area contributed by atoms with Crippen LogP contribution >= 0.6 is 0 Å². The molecule has 1 fully saturated rings. The topological polar surface area (TPSA) is 31.9 Å². The predicted octanol–water partition coefficient (Wildman–Crippen LogP) is 4.33. The third-order valence-electron chi connectivity index (χ3n) is 4.91. The average Bonchev–Trinajstić information content (AvgIpc) is 2.99. The second-order valence-corrected chi connectivity index (χ2v) is 6.70. The number of piperidine rings is 1. The molecule has 3 nitrogen and oxygen atoms in total. The van der Waals surface area contributed by atoms with Crippen molar-refractivity contribution in [1.29, 1.82) is 0 Å². The number of anilines is 1. The maximum absolute atomic E-state index is 4.76. The molecule has 1 saturated heterocycles. The molecule has 0 unspecified atom stereocenters. The zero-order valence-corrected chi connectivity index (χ0v) is 13.6. The number of aromatic amines is 1. The smallest absolute Gasteiger partial charge is 0.203 e. The third-order valence-corrected chi connectivity index (χ3v) is 4.91. The number of aromatic nitrogens is 2. The van der Waals surface area contributed by atoms with Crippen LogP contribution in [0.25, 0.3) is 11.0 Å². The Morgan fingerprint density at radius 3 is 2.65 bits per heavy atom. The van der Waals surface area contributed by atoms with E-state index in [4.69, 9.17) is 4.98 Å². The van der Waals surface area contributed by atoms with Gasteiger partial charge < -0.3 is 9.88 Å². The highest BCUT2D eigenvalue weighted by molar-refractivity contribution is 5.78. The van der Waals surface area contributed by atoms with Crippen LogP contribution < -0.4 is 4.90 Å². The highest BCUT2D eigenvalue weighted by Gasteiger charge is 2.21. The fourth-order valence-corrected chi connectivity index (χ4v) is 3.56. The second-order valence-electron chi connectivity index (χ2n) is 6.70. The molecule has 23 heavy (non-hydrogen) atoms. The van der Waals surface area contributed by atoms with E-state index in [9.17, 15) is 0 Å². The van der Waals surface area contributed by atoms with Gasteiger partial charge in [0.2, 0.25) is 5.95 Å². The average molecular weight is 305 g/mol. The molecule has 0 atom stereocenters. The molecule has 1 aromatic heterocycles. The van der Waals surface area contributed by atoms with Crippen molar-refractivity contribution in [3.05, 3.63) is 59.7 Å². The molecule has 1 N–H and O–H groups in total. The summed E-state index contributed by atoms with van der Waals surface area (Å²) in [6.45, 7) is 4.31. The van der Waals surface area contributed by atoms with E-state index in [1.807, 2.05) is 0 Å². The minimum Gasteiger partial charge on any atom is -0.342 e. The van der Waals surface area contributed by atoms with Gasteiger partial charge >= 0.3 is 0 Å². The van der Waals surface area contributed by atoms with E-state index in [0.717, 1.165) is 36.0 Å². The van der Waals surface area contributed by atoms with E-state index >= 15 is 0 Å². The lowest BCUT2D eigenvalue weighted by molar-refractivity contribution is 0.401. The second kappa shape index (κ2) is 6.07. The lowest BCUT2D eigenvalue weighted by Gasteiger charge is -2.31. The number of rotatable bonds is 3. The molecule has 3 aromatic rings. The van der Waals surface area contributed by atoms with Gasteiger partial charge in [0.25, 0.3) is 0 Å². The van der Waals surface area contributed by atoms with Crippen molar-refractivity contribution in [2.45, 2.75) is 26.2 Å². The van der Waals surface area contributed by atoms with Gasteiger partial charge in [-0.15, -0.1) is 0 Å². The first-order valence-electron chi connectivity index (χ1n) is 8.53. The Morgan fingerprint density at radius 1 is 1.09 bits per heavy atom. The van der Waals surface area contributed by atoms with Crippen molar-refractivity contribution in [1.82, 2.24) is 9.97 Å². The van der Waals surface area contributed by atoms with Gasteiger partial charge in [0, 0.05) is 13.1 Å². The molecular weight excluding hydrogens is 282 g/mol. The Morgan fingerprint density at radius 2 is 1.87 bits per heavy atom. The van der Waals surface area contributed by atoms with Crippen molar-refractivity contribution in [2.75, 3.05) is 18.0 Å². The summed E-state index contributed by atoms with van der Waals surface area (Å²) in [6, 6.07) is 17.3. The fraction of sp³-hybridized carbons (Fsp3) is 0.350. The van der Waals surface area contributed by atoms with Crippen molar-refractivity contribution in [3.63, 3.8) is 0 Å². The van der Waals surface area contributed by atoms with Crippen LogP contribution in [0.2, 0.25) is 0 Å². The Kier molecular flexibility index (Phi) is 3.78. The van der Waals surface area contributed by atoms with Gasteiger partial charge in [-0.1, -0.05) is 36.4 Å². The van der Waals surface area contributed by atoms with E-state index in [2.05, 4.69) is 65.3 Å². The summed E-state index contributed by atoms with van der Waals surface area (Å²) >= 11 is 0. The maximum Gasteiger partial charge on any atom is 0.203 e. The first-order chi connectivity index (χ1) is 11.3. The molecule has 2 heterocycles. The normalized spacial score (nSPS) is 16.1. The summed E-state index contributed by atoms with van der Waals surface area (Å²) in [5.41, 5.74) is 4.95. The number of aryl methyl sites for hydroxylation is 1. The van der Waals surface area contributed by atoms with Crippen LogP contribution in [-0.4, -0.2) is 23.1 Å². The van der Waals surface area contributed by atoms with Crippen LogP contribution in [0.1, 0.15) is 24.0 Å². The Balaban J connectivity index is 1.42. The highest BCUT2D eigenvalue weighted by Crippen LogP contribution is 2.26. The molecule has 2 aromatic carbocycles. The van der Waals surface area contributed by atoms with Crippen molar-refractivity contribution < 1.29 is 0 Å². The number of benzene rings is 2. The summed E-state index contributed by atoms with van der Waals surface area (Å²) in [5, 5.41) is 0. The number of nitrogens with one attached hydrogen (secondary N) is 1. The molecule has 0 saturated carbocycles. The van der Waals surface area contributed by atoms with Crippen LogP contribution in [0.4, 0.5) is 5.95 Å². The third kappa shape index (κ3) is 3.09. The molecule has 4 rings (SSSR count). The summed E-state index contributed by atoms with van der Waals surface area (Å²) in [5.74, 6) is 1.82. The zero-order valence-electron chi connectivity index (χ0n) is 13.6. The summed E-state index contributed by atoms with van der Waals surface area (Å²) in [7, 11) is 0. The number of fused-ring (bicyclic) bond motifs is 1. The number of H-pyrrole nitrogens is 1. The number of nitrogens with zero attached hydrogens (tertiary/aromatic N) is 2. The number of imidazole rings is 1.